The molecule has 0 fully saturated rings. The summed E-state index contributed by atoms with van der Waals surface area (Å²) in [6, 6.07) is 3.20. The van der Waals surface area contributed by atoms with Crippen molar-refractivity contribution in [2.24, 2.45) is 0 Å². The van der Waals surface area contributed by atoms with Gasteiger partial charge in [0, 0.05) is 5.56 Å². The summed E-state index contributed by atoms with van der Waals surface area (Å²) in [6.45, 7) is 3.55. The predicted octanol–water partition coefficient (Wildman–Crippen LogP) is 2.47. The number of benzene rings is 1. The van der Waals surface area contributed by atoms with Gasteiger partial charge in [0.15, 0.2) is 0 Å². The Kier molecular flexibility index (Phi) is 3.48. The second-order valence-corrected chi connectivity index (χ2v) is 3.59. The summed E-state index contributed by atoms with van der Waals surface area (Å²) < 4.78 is 4.60. The summed E-state index contributed by atoms with van der Waals surface area (Å²) in [5.41, 5.74) is 2.22. The number of esters is 1. The van der Waals surface area contributed by atoms with Crippen molar-refractivity contribution in [1.82, 2.24) is 0 Å². The fraction of sp³-hybridized carbons (Fsp3) is 0.273. The molecule has 0 unspecified atom stereocenters. The summed E-state index contributed by atoms with van der Waals surface area (Å²) in [6.07, 6.45) is 0. The first kappa shape index (κ1) is 11.7. The molecule has 15 heavy (non-hydrogen) atoms. The van der Waals surface area contributed by atoms with E-state index >= 15 is 0 Å². The minimum atomic E-state index is -0.572. The van der Waals surface area contributed by atoms with Crippen molar-refractivity contribution in [2.75, 3.05) is 7.11 Å². The van der Waals surface area contributed by atoms with E-state index in [1.807, 2.05) is 0 Å². The highest BCUT2D eigenvalue weighted by atomic mass is 35.5. The van der Waals surface area contributed by atoms with E-state index in [4.69, 9.17) is 11.6 Å². The molecule has 0 aliphatic rings. The van der Waals surface area contributed by atoms with Crippen LogP contribution >= 0.6 is 11.6 Å². The van der Waals surface area contributed by atoms with Gasteiger partial charge in [-0.2, -0.15) is 0 Å². The summed E-state index contributed by atoms with van der Waals surface area (Å²) >= 11 is 5.39. The van der Waals surface area contributed by atoms with E-state index in [-0.39, 0.29) is 0 Å². The van der Waals surface area contributed by atoms with Crippen LogP contribution in [0.3, 0.4) is 0 Å². The maximum absolute atomic E-state index is 11.3. The molecule has 0 heterocycles. The van der Waals surface area contributed by atoms with Crippen molar-refractivity contribution in [1.29, 1.82) is 0 Å². The van der Waals surface area contributed by atoms with Gasteiger partial charge in [-0.05, 0) is 42.6 Å². The molecule has 0 aliphatic heterocycles. The van der Waals surface area contributed by atoms with Crippen molar-refractivity contribution in [3.8, 4) is 0 Å². The summed E-state index contributed by atoms with van der Waals surface area (Å²) in [7, 11) is 1.30. The zero-order valence-electron chi connectivity index (χ0n) is 8.76. The van der Waals surface area contributed by atoms with Crippen molar-refractivity contribution in [3.05, 3.63) is 34.4 Å². The number of methoxy groups -OCH3 is 1. The van der Waals surface area contributed by atoms with Crippen LogP contribution < -0.4 is 0 Å². The minimum Gasteiger partial charge on any atom is -0.465 e. The lowest BCUT2D eigenvalue weighted by Gasteiger charge is -2.07. The molecule has 0 saturated heterocycles. The van der Waals surface area contributed by atoms with Crippen LogP contribution in [-0.4, -0.2) is 18.3 Å². The van der Waals surface area contributed by atoms with Crippen LogP contribution in [0.15, 0.2) is 12.1 Å². The summed E-state index contributed by atoms with van der Waals surface area (Å²) in [5.74, 6) is -0.466. The van der Waals surface area contributed by atoms with Gasteiger partial charge in [0.25, 0.3) is 5.24 Å². The van der Waals surface area contributed by atoms with E-state index in [0.29, 0.717) is 11.1 Å². The lowest BCUT2D eigenvalue weighted by molar-refractivity contribution is 0.0600. The molecule has 1 aromatic carbocycles. The van der Waals surface area contributed by atoms with Gasteiger partial charge < -0.3 is 4.74 Å². The van der Waals surface area contributed by atoms with E-state index in [9.17, 15) is 9.59 Å². The molecule has 0 atom stereocenters. The zero-order chi connectivity index (χ0) is 11.6. The van der Waals surface area contributed by atoms with E-state index in [2.05, 4.69) is 4.74 Å². The Hall–Kier alpha value is -1.35. The molecule has 80 valence electrons. The fourth-order valence-electron chi connectivity index (χ4n) is 1.39. The molecule has 0 amide bonds. The zero-order valence-corrected chi connectivity index (χ0v) is 9.51. The number of rotatable bonds is 2. The standard InChI is InChI=1S/C11H11ClO3/c1-6-4-7(2)9(11(14)15-3)5-8(6)10(12)13/h4-5H,1-3H3. The number of carbonyl (C=O) groups is 2. The Bertz CT molecular complexity index is 424. The number of hydrogen-bond acceptors (Lipinski definition) is 3. The Morgan fingerprint density at radius 3 is 2.13 bits per heavy atom. The van der Waals surface area contributed by atoms with E-state index in [1.54, 1.807) is 19.9 Å². The SMILES string of the molecule is COC(=O)c1cc(C(=O)Cl)c(C)cc1C. The Labute approximate surface area is 93.0 Å². The van der Waals surface area contributed by atoms with E-state index < -0.39 is 11.2 Å². The van der Waals surface area contributed by atoms with Gasteiger partial charge in [0.1, 0.15) is 0 Å². The first-order valence-corrected chi connectivity index (χ1v) is 4.74. The Morgan fingerprint density at radius 1 is 1.13 bits per heavy atom. The van der Waals surface area contributed by atoms with Crippen LogP contribution in [0, 0.1) is 13.8 Å². The minimum absolute atomic E-state index is 0.336. The van der Waals surface area contributed by atoms with Crippen molar-refractivity contribution in [2.45, 2.75) is 13.8 Å². The van der Waals surface area contributed by atoms with Crippen LogP contribution in [0.4, 0.5) is 0 Å². The smallest absolute Gasteiger partial charge is 0.338 e. The lowest BCUT2D eigenvalue weighted by Crippen LogP contribution is -2.07. The molecule has 0 spiro atoms. The van der Waals surface area contributed by atoms with Gasteiger partial charge in [-0.25, -0.2) is 4.79 Å². The third-order valence-electron chi connectivity index (χ3n) is 2.19. The monoisotopic (exact) mass is 226 g/mol. The normalized spacial score (nSPS) is 9.87. The highest BCUT2D eigenvalue weighted by Gasteiger charge is 2.14. The highest BCUT2D eigenvalue weighted by Crippen LogP contribution is 2.18. The van der Waals surface area contributed by atoms with Crippen LogP contribution in [-0.2, 0) is 4.74 Å². The van der Waals surface area contributed by atoms with Gasteiger partial charge in [0.05, 0.1) is 12.7 Å². The van der Waals surface area contributed by atoms with Gasteiger partial charge in [0.2, 0.25) is 0 Å². The first-order valence-electron chi connectivity index (χ1n) is 4.36. The number of hydrogen-bond donors (Lipinski definition) is 0. The maximum Gasteiger partial charge on any atom is 0.338 e. The van der Waals surface area contributed by atoms with Gasteiger partial charge in [-0.1, -0.05) is 6.07 Å². The number of halogens is 1. The first-order chi connectivity index (χ1) is 6.97. The van der Waals surface area contributed by atoms with E-state index in [1.165, 1.54) is 13.2 Å². The third kappa shape index (κ3) is 2.36. The Balaban J connectivity index is 3.36. The van der Waals surface area contributed by atoms with E-state index in [0.717, 1.165) is 11.1 Å². The predicted molar refractivity (Wildman–Crippen MR) is 57.4 cm³/mol. The van der Waals surface area contributed by atoms with Crippen LogP contribution in [0.1, 0.15) is 31.8 Å². The average molecular weight is 227 g/mol. The molecular weight excluding hydrogens is 216 g/mol. The molecular formula is C11H11ClO3. The van der Waals surface area contributed by atoms with Gasteiger partial charge in [-0.3, -0.25) is 4.79 Å². The van der Waals surface area contributed by atoms with Crippen molar-refractivity contribution < 1.29 is 14.3 Å². The topological polar surface area (TPSA) is 43.4 Å². The molecule has 1 rings (SSSR count). The third-order valence-corrected chi connectivity index (χ3v) is 2.39. The average Bonchev–Trinajstić information content (AvgIpc) is 2.16. The van der Waals surface area contributed by atoms with Gasteiger partial charge >= 0.3 is 5.97 Å². The molecule has 1 aromatic rings. The van der Waals surface area contributed by atoms with Crippen molar-refractivity contribution >= 4 is 22.8 Å². The lowest BCUT2D eigenvalue weighted by atomic mass is 10.0. The molecule has 4 heteroatoms. The summed E-state index contributed by atoms with van der Waals surface area (Å²) in [5, 5.41) is -0.572. The second kappa shape index (κ2) is 4.45. The molecule has 0 saturated carbocycles. The largest absolute Gasteiger partial charge is 0.465 e. The molecule has 0 N–H and O–H groups in total. The van der Waals surface area contributed by atoms with Crippen LogP contribution in [0.2, 0.25) is 0 Å². The highest BCUT2D eigenvalue weighted by molar-refractivity contribution is 6.68. The molecule has 0 radical (unpaired) electrons. The van der Waals surface area contributed by atoms with Crippen molar-refractivity contribution in [3.63, 3.8) is 0 Å². The number of aryl methyl sites for hydroxylation is 2. The Morgan fingerprint density at radius 2 is 1.67 bits per heavy atom. The molecule has 3 nitrogen and oxygen atoms in total. The van der Waals surface area contributed by atoms with Gasteiger partial charge in [-0.15, -0.1) is 0 Å². The summed E-state index contributed by atoms with van der Waals surface area (Å²) in [4.78, 5) is 22.4. The molecule has 0 aromatic heterocycles. The van der Waals surface area contributed by atoms with Crippen LogP contribution in [0.5, 0.6) is 0 Å². The fourth-order valence-corrected chi connectivity index (χ4v) is 1.60. The number of ether oxygens (including phenoxy) is 1. The maximum atomic E-state index is 11.3. The quantitative estimate of drug-likeness (QED) is 0.575. The second-order valence-electron chi connectivity index (χ2n) is 3.25. The molecule has 0 aliphatic carbocycles. The molecule has 0 bridgehead atoms. The van der Waals surface area contributed by atoms with Crippen LogP contribution in [0.25, 0.3) is 0 Å². The number of carbonyl (C=O) groups excluding carboxylic acids is 2.